The van der Waals surface area contributed by atoms with Gasteiger partial charge in [0.15, 0.2) is 5.79 Å². The summed E-state index contributed by atoms with van der Waals surface area (Å²) >= 11 is 0. The monoisotopic (exact) mass is 839 g/mol. The molecule has 2 heteroatoms. The molecule has 1 rings (SSSR count). The van der Waals surface area contributed by atoms with Crippen LogP contribution in [0.25, 0.3) is 0 Å². The van der Waals surface area contributed by atoms with Gasteiger partial charge in [0.05, 0.1) is 0 Å². The number of hydrogen-bond acceptors (Lipinski definition) is 2. The molecule has 0 fully saturated rings. The molecule has 0 aliphatic rings. The molecule has 2 nitrogen and oxygen atoms in total. The lowest BCUT2D eigenvalue weighted by molar-refractivity contribution is -0.222. The first-order valence-electron chi connectivity index (χ1n) is 28.1. The number of benzene rings is 1. The van der Waals surface area contributed by atoms with Crippen molar-refractivity contribution in [1.82, 2.24) is 0 Å². The lowest BCUT2D eigenvalue weighted by atomic mass is 9.83. The van der Waals surface area contributed by atoms with Gasteiger partial charge in [0.25, 0.3) is 0 Å². The van der Waals surface area contributed by atoms with E-state index in [9.17, 15) is 5.11 Å². The Balaban J connectivity index is 1.84. The van der Waals surface area contributed by atoms with E-state index in [0.717, 1.165) is 19.3 Å². The molecule has 1 aromatic rings. The van der Waals surface area contributed by atoms with E-state index in [1.54, 1.807) is 0 Å². The van der Waals surface area contributed by atoms with E-state index in [-0.39, 0.29) is 5.92 Å². The third-order valence-corrected chi connectivity index (χ3v) is 13.9. The maximum absolute atomic E-state index is 11.9. The normalized spacial score (nSPS) is 13.3. The van der Waals surface area contributed by atoms with Crippen LogP contribution in [-0.2, 0) is 4.74 Å². The van der Waals surface area contributed by atoms with Crippen molar-refractivity contribution in [2.45, 2.75) is 328 Å². The third-order valence-electron chi connectivity index (χ3n) is 13.9. The Kier molecular flexibility index (Phi) is 44.0. The highest BCUT2D eigenvalue weighted by atomic mass is 16.6. The second-order valence-corrected chi connectivity index (χ2v) is 19.6. The molecular weight excluding hydrogens is 729 g/mol. The van der Waals surface area contributed by atoms with Gasteiger partial charge in [0, 0.05) is 18.9 Å². The number of hydrogen-bond donors (Lipinski definition) is 1. The van der Waals surface area contributed by atoms with Crippen molar-refractivity contribution in [1.29, 1.82) is 0 Å². The fourth-order valence-corrected chi connectivity index (χ4v) is 9.88. The zero-order valence-corrected chi connectivity index (χ0v) is 41.6. The van der Waals surface area contributed by atoms with Gasteiger partial charge in [0.2, 0.25) is 0 Å². The maximum atomic E-state index is 11.9. The van der Waals surface area contributed by atoms with Gasteiger partial charge in [-0.2, -0.15) is 0 Å². The van der Waals surface area contributed by atoms with Crippen LogP contribution in [0.2, 0.25) is 0 Å². The lowest BCUT2D eigenvalue weighted by Gasteiger charge is -2.36. The second kappa shape index (κ2) is 46.1. The topological polar surface area (TPSA) is 29.5 Å². The van der Waals surface area contributed by atoms with E-state index in [0.29, 0.717) is 6.61 Å². The molecule has 0 heterocycles. The molecule has 0 aliphatic heterocycles. The fraction of sp³-hybridized carbons (Fsp3) is 0.897. The Morgan fingerprint density at radius 3 is 0.867 bits per heavy atom. The van der Waals surface area contributed by atoms with Crippen molar-refractivity contribution in [2.24, 2.45) is 0 Å². The molecular formula is C58H110O2. The van der Waals surface area contributed by atoms with Gasteiger partial charge in [-0.25, -0.2) is 0 Å². The summed E-state index contributed by atoms with van der Waals surface area (Å²) < 4.78 is 6.17. The summed E-state index contributed by atoms with van der Waals surface area (Å²) in [4.78, 5) is 0. The zero-order chi connectivity index (χ0) is 43.1. The van der Waals surface area contributed by atoms with E-state index >= 15 is 0 Å². The van der Waals surface area contributed by atoms with E-state index in [4.69, 9.17) is 4.74 Å². The summed E-state index contributed by atoms with van der Waals surface area (Å²) in [6.45, 7) is 7.18. The Morgan fingerprint density at radius 2 is 0.600 bits per heavy atom. The highest BCUT2D eigenvalue weighted by Gasteiger charge is 2.37. The smallest absolute Gasteiger partial charge is 0.172 e. The largest absolute Gasteiger partial charge is 0.365 e. The molecule has 0 aliphatic carbocycles. The quantitative estimate of drug-likeness (QED) is 0.0523. The Labute approximate surface area is 378 Å². The highest BCUT2D eigenvalue weighted by Crippen LogP contribution is 2.38. The van der Waals surface area contributed by atoms with Gasteiger partial charge in [-0.15, -0.1) is 0 Å². The molecule has 0 saturated carbocycles. The van der Waals surface area contributed by atoms with Gasteiger partial charge in [-0.05, 0) is 25.3 Å². The van der Waals surface area contributed by atoms with Crippen LogP contribution >= 0.6 is 0 Å². The molecule has 2 atom stereocenters. The zero-order valence-electron chi connectivity index (χ0n) is 41.6. The van der Waals surface area contributed by atoms with Gasteiger partial charge in [-0.1, -0.05) is 320 Å². The van der Waals surface area contributed by atoms with Gasteiger partial charge in [0.1, 0.15) is 0 Å². The molecule has 0 radical (unpaired) electrons. The standard InChI is InChI=1S/C58H110O2/c1-4-7-9-11-13-14-15-16-17-18-19-20-21-22-23-24-25-26-27-28-29-30-31-32-33-34-35-36-37-38-39-40-41-42-43-44-46-51-55-58(59,60-6-3)57(56-52-48-47-49-53-56)54-50-45-12-10-8-5-2/h47-49,52-53,57,59H,4-46,50-51,54-55H2,1-3H3. The fourth-order valence-electron chi connectivity index (χ4n) is 9.88. The predicted molar refractivity (Wildman–Crippen MR) is 269 cm³/mol. The van der Waals surface area contributed by atoms with E-state index < -0.39 is 5.79 Å². The van der Waals surface area contributed by atoms with Crippen molar-refractivity contribution in [3.05, 3.63) is 35.9 Å². The molecule has 0 bridgehead atoms. The minimum atomic E-state index is -1.05. The molecule has 60 heavy (non-hydrogen) atoms. The van der Waals surface area contributed by atoms with Gasteiger partial charge in [-0.3, -0.25) is 0 Å². The van der Waals surface area contributed by atoms with Crippen molar-refractivity contribution >= 4 is 0 Å². The molecule has 1 aromatic carbocycles. The van der Waals surface area contributed by atoms with Crippen molar-refractivity contribution in [3.63, 3.8) is 0 Å². The molecule has 1 N–H and O–H groups in total. The van der Waals surface area contributed by atoms with Gasteiger partial charge < -0.3 is 9.84 Å². The summed E-state index contributed by atoms with van der Waals surface area (Å²) in [7, 11) is 0. The molecule has 354 valence electrons. The van der Waals surface area contributed by atoms with Crippen LogP contribution in [0.5, 0.6) is 0 Å². The minimum Gasteiger partial charge on any atom is -0.365 e. The molecule has 0 saturated heterocycles. The predicted octanol–water partition coefficient (Wildman–Crippen LogP) is 20.5. The number of unbranched alkanes of at least 4 members (excludes halogenated alkanes) is 42. The van der Waals surface area contributed by atoms with Crippen molar-refractivity contribution in [2.75, 3.05) is 6.61 Å². The molecule has 0 spiro atoms. The van der Waals surface area contributed by atoms with Crippen LogP contribution in [0.3, 0.4) is 0 Å². The SMILES string of the molecule is CCCCCCCCCCCCCCCCCCCCCCCCCCCCCCCCCCCCCCCCC(O)(OCC)C(CCCCCCCC)c1ccccc1. The van der Waals surface area contributed by atoms with Crippen molar-refractivity contribution in [3.8, 4) is 0 Å². The van der Waals surface area contributed by atoms with E-state index in [2.05, 4.69) is 44.2 Å². The average molecular weight is 840 g/mol. The van der Waals surface area contributed by atoms with Crippen LogP contribution < -0.4 is 0 Å². The Hall–Kier alpha value is -0.860. The first-order valence-corrected chi connectivity index (χ1v) is 28.1. The summed E-state index contributed by atoms with van der Waals surface area (Å²) in [5.74, 6) is -0.994. The number of aliphatic hydroxyl groups is 1. The average Bonchev–Trinajstić information content (AvgIpc) is 3.26. The Bertz CT molecular complexity index is 930. The summed E-state index contributed by atoms with van der Waals surface area (Å²) in [5, 5.41) is 11.9. The second-order valence-electron chi connectivity index (χ2n) is 19.6. The van der Waals surface area contributed by atoms with Crippen LogP contribution in [-0.4, -0.2) is 17.5 Å². The maximum Gasteiger partial charge on any atom is 0.172 e. The lowest BCUT2D eigenvalue weighted by Crippen LogP contribution is -2.39. The number of rotatable bonds is 50. The molecule has 0 amide bonds. The van der Waals surface area contributed by atoms with Gasteiger partial charge >= 0.3 is 0 Å². The van der Waals surface area contributed by atoms with Crippen LogP contribution in [0, 0.1) is 0 Å². The van der Waals surface area contributed by atoms with E-state index in [1.165, 1.54) is 282 Å². The summed E-state index contributed by atoms with van der Waals surface area (Å²) in [5.41, 5.74) is 1.23. The summed E-state index contributed by atoms with van der Waals surface area (Å²) in [6, 6.07) is 10.7. The molecule has 0 aromatic heterocycles. The first kappa shape index (κ1) is 57.2. The van der Waals surface area contributed by atoms with Crippen LogP contribution in [0.15, 0.2) is 30.3 Å². The van der Waals surface area contributed by atoms with Crippen LogP contribution in [0.1, 0.15) is 328 Å². The molecule has 2 unspecified atom stereocenters. The van der Waals surface area contributed by atoms with Crippen molar-refractivity contribution < 1.29 is 9.84 Å². The third kappa shape index (κ3) is 36.6. The van der Waals surface area contributed by atoms with Crippen LogP contribution in [0.4, 0.5) is 0 Å². The Morgan fingerprint density at radius 1 is 0.350 bits per heavy atom. The minimum absolute atomic E-state index is 0.0580. The number of ether oxygens (including phenoxy) is 1. The first-order chi connectivity index (χ1) is 29.7. The highest BCUT2D eigenvalue weighted by molar-refractivity contribution is 5.22. The van der Waals surface area contributed by atoms with E-state index in [1.807, 2.05) is 6.92 Å². The summed E-state index contributed by atoms with van der Waals surface area (Å²) in [6.07, 6.45) is 64.1.